The molecule has 1 unspecified atom stereocenters. The minimum absolute atomic E-state index is 0.0519. The van der Waals surface area contributed by atoms with Crippen LogP contribution in [-0.4, -0.2) is 75.1 Å². The Morgan fingerprint density at radius 1 is 1.06 bits per heavy atom. The number of hydrogen-bond donors (Lipinski definition) is 3. The van der Waals surface area contributed by atoms with Crippen molar-refractivity contribution >= 4 is 0 Å². The van der Waals surface area contributed by atoms with Gasteiger partial charge in [-0.15, -0.1) is 0 Å². The Morgan fingerprint density at radius 2 is 1.89 bits per heavy atom. The Balaban J connectivity index is 1.32. The molecule has 2 saturated carbocycles. The molecule has 5 atom stereocenters. The third-order valence-electron chi connectivity index (χ3n) is 9.82. The molecular weight excluding hydrogens is 440 g/mol. The summed E-state index contributed by atoms with van der Waals surface area (Å²) in [5.41, 5.74) is 2.12. The van der Waals surface area contributed by atoms with E-state index in [-0.39, 0.29) is 30.5 Å². The predicted molar refractivity (Wildman–Crippen MR) is 133 cm³/mol. The molecule has 2 aromatic carbocycles. The average Bonchev–Trinajstić information content (AvgIpc) is 3.60. The Bertz CT molecular complexity index is 1120. The second kappa shape index (κ2) is 7.94. The Kier molecular flexibility index (Phi) is 5.01. The molecule has 3 aliphatic carbocycles. The van der Waals surface area contributed by atoms with E-state index in [0.29, 0.717) is 18.7 Å². The first-order chi connectivity index (χ1) is 17.0. The van der Waals surface area contributed by atoms with Gasteiger partial charge in [-0.3, -0.25) is 9.80 Å². The van der Waals surface area contributed by atoms with Crippen molar-refractivity contribution in [3.8, 4) is 11.5 Å². The Hall–Kier alpha value is -2.12. The highest BCUT2D eigenvalue weighted by Crippen LogP contribution is 2.66. The van der Waals surface area contributed by atoms with Crippen LogP contribution in [0.5, 0.6) is 11.5 Å². The lowest BCUT2D eigenvalue weighted by Crippen LogP contribution is -2.78. The number of aromatic hydroxyl groups is 1. The third-order valence-corrected chi connectivity index (χ3v) is 9.82. The molecule has 7 rings (SSSR count). The molecule has 0 aromatic heterocycles. The van der Waals surface area contributed by atoms with Gasteiger partial charge in [-0.25, -0.2) is 0 Å². The van der Waals surface area contributed by atoms with E-state index >= 15 is 0 Å². The lowest BCUT2D eigenvalue weighted by molar-refractivity contribution is -0.201. The molecule has 1 spiro atoms. The quantitative estimate of drug-likeness (QED) is 0.571. The van der Waals surface area contributed by atoms with Gasteiger partial charge in [-0.05, 0) is 68.2 Å². The molecule has 5 aliphatic rings. The molecule has 2 heterocycles. The van der Waals surface area contributed by atoms with Gasteiger partial charge < -0.3 is 20.1 Å². The fourth-order valence-electron chi connectivity index (χ4n) is 8.14. The number of aliphatic hydroxyl groups excluding tert-OH is 1. The van der Waals surface area contributed by atoms with Crippen molar-refractivity contribution in [3.05, 3.63) is 59.2 Å². The average molecular weight is 477 g/mol. The smallest absolute Gasteiger partial charge is 0.165 e. The summed E-state index contributed by atoms with van der Waals surface area (Å²) in [6.45, 7) is 3.41. The highest BCUT2D eigenvalue weighted by molar-refractivity contribution is 5.62. The van der Waals surface area contributed by atoms with Gasteiger partial charge in [0.15, 0.2) is 11.5 Å². The fourth-order valence-corrected chi connectivity index (χ4v) is 8.14. The summed E-state index contributed by atoms with van der Waals surface area (Å²) in [6, 6.07) is 14.4. The van der Waals surface area contributed by atoms with Gasteiger partial charge in [-0.2, -0.15) is 0 Å². The first-order valence-corrected chi connectivity index (χ1v) is 13.4. The molecule has 6 nitrogen and oxygen atoms in total. The van der Waals surface area contributed by atoms with Crippen molar-refractivity contribution < 1.29 is 20.1 Å². The number of benzene rings is 2. The molecule has 186 valence electrons. The summed E-state index contributed by atoms with van der Waals surface area (Å²) < 4.78 is 6.73. The minimum Gasteiger partial charge on any atom is -0.504 e. The summed E-state index contributed by atoms with van der Waals surface area (Å²) >= 11 is 0. The lowest BCUT2D eigenvalue weighted by atomic mass is 9.48. The van der Waals surface area contributed by atoms with Gasteiger partial charge in [-0.1, -0.05) is 36.4 Å². The van der Waals surface area contributed by atoms with E-state index in [4.69, 9.17) is 4.74 Å². The number of aliphatic hydroxyl groups is 2. The van der Waals surface area contributed by atoms with Crippen LogP contribution in [-0.2, 0) is 18.4 Å². The van der Waals surface area contributed by atoms with Crippen LogP contribution in [0.4, 0.5) is 0 Å². The first kappa shape index (κ1) is 22.1. The van der Waals surface area contributed by atoms with Gasteiger partial charge in [0, 0.05) is 37.3 Å². The zero-order valence-corrected chi connectivity index (χ0v) is 20.3. The zero-order chi connectivity index (χ0) is 23.8. The van der Waals surface area contributed by atoms with Crippen LogP contribution in [0.2, 0.25) is 0 Å². The standard InChI is InChI=1S/C29H36N2O4/c32-15-14-30(17-19-4-2-1-3-5-19)22-10-11-29(34)24-16-21-8-9-23(33)26-25(21)28(29,27(22)35-26)12-13-31(24)18-20-6-7-20/h1-5,8-9,20,22,24,27,32-34H,6-7,10-18H2/t22-,24?,27+,28+,29-/m0/s1. The van der Waals surface area contributed by atoms with Crippen LogP contribution >= 0.6 is 0 Å². The summed E-state index contributed by atoms with van der Waals surface area (Å²) in [5.74, 6) is 1.56. The molecule has 1 saturated heterocycles. The van der Waals surface area contributed by atoms with E-state index in [2.05, 4.69) is 40.1 Å². The Labute approximate surface area is 207 Å². The SMILES string of the molecule is OCCN(Cc1ccccc1)[C@H]1CC[C@]2(O)C3Cc4ccc(O)c5c4[C@]2(CCN3CC2CC2)[C@@H]1O5. The molecule has 35 heavy (non-hydrogen) atoms. The van der Waals surface area contributed by atoms with Gasteiger partial charge in [0.05, 0.1) is 17.6 Å². The predicted octanol–water partition coefficient (Wildman–Crippen LogP) is 2.82. The van der Waals surface area contributed by atoms with Crippen molar-refractivity contribution in [2.24, 2.45) is 5.92 Å². The highest BCUT2D eigenvalue weighted by atomic mass is 16.5. The maximum atomic E-state index is 12.7. The Morgan fingerprint density at radius 3 is 2.66 bits per heavy atom. The monoisotopic (exact) mass is 476 g/mol. The van der Waals surface area contributed by atoms with Crippen molar-refractivity contribution in [1.82, 2.24) is 9.80 Å². The second-order valence-electron chi connectivity index (χ2n) is 11.6. The van der Waals surface area contributed by atoms with Crippen LogP contribution in [0.3, 0.4) is 0 Å². The largest absolute Gasteiger partial charge is 0.504 e. The molecule has 0 amide bonds. The zero-order valence-electron chi connectivity index (χ0n) is 20.3. The van der Waals surface area contributed by atoms with E-state index in [1.165, 1.54) is 24.0 Å². The number of rotatable bonds is 7. The number of phenols is 1. The van der Waals surface area contributed by atoms with E-state index in [1.807, 2.05) is 6.07 Å². The number of ether oxygens (including phenoxy) is 1. The minimum atomic E-state index is -0.870. The normalized spacial score (nSPS) is 35.1. The third kappa shape index (κ3) is 3.10. The van der Waals surface area contributed by atoms with Crippen LogP contribution in [0.25, 0.3) is 0 Å². The summed E-state index contributed by atoms with van der Waals surface area (Å²) in [4.78, 5) is 4.92. The van der Waals surface area contributed by atoms with Gasteiger partial charge in [0.2, 0.25) is 0 Å². The van der Waals surface area contributed by atoms with E-state index < -0.39 is 11.0 Å². The van der Waals surface area contributed by atoms with E-state index in [1.54, 1.807) is 6.07 Å². The molecular formula is C29H36N2O4. The number of phenolic OH excluding ortho intramolecular Hbond substituents is 1. The van der Waals surface area contributed by atoms with Crippen molar-refractivity contribution in [2.45, 2.75) is 74.3 Å². The van der Waals surface area contributed by atoms with Gasteiger partial charge >= 0.3 is 0 Å². The maximum Gasteiger partial charge on any atom is 0.165 e. The van der Waals surface area contributed by atoms with Crippen LogP contribution in [0.1, 0.15) is 48.8 Å². The molecule has 2 aromatic rings. The topological polar surface area (TPSA) is 76.4 Å². The van der Waals surface area contributed by atoms with Crippen LogP contribution in [0.15, 0.2) is 42.5 Å². The lowest BCUT2D eigenvalue weighted by Gasteiger charge is -2.65. The summed E-state index contributed by atoms with van der Waals surface area (Å²) in [6.07, 6.45) is 5.57. The number of nitrogens with zero attached hydrogens (tertiary/aromatic N) is 2. The van der Waals surface area contributed by atoms with Crippen molar-refractivity contribution in [3.63, 3.8) is 0 Å². The van der Waals surface area contributed by atoms with Crippen molar-refractivity contribution in [2.75, 3.05) is 26.2 Å². The van der Waals surface area contributed by atoms with E-state index in [0.717, 1.165) is 50.4 Å². The van der Waals surface area contributed by atoms with Crippen LogP contribution < -0.4 is 4.74 Å². The fraction of sp³-hybridized carbons (Fsp3) is 0.586. The van der Waals surface area contributed by atoms with Gasteiger partial charge in [0.1, 0.15) is 6.10 Å². The number of hydrogen-bond acceptors (Lipinski definition) is 6. The maximum absolute atomic E-state index is 12.7. The van der Waals surface area contributed by atoms with Crippen LogP contribution in [0, 0.1) is 5.92 Å². The molecule has 0 radical (unpaired) electrons. The van der Waals surface area contributed by atoms with Gasteiger partial charge in [0.25, 0.3) is 0 Å². The first-order valence-electron chi connectivity index (χ1n) is 13.4. The summed E-state index contributed by atoms with van der Waals surface area (Å²) in [7, 11) is 0. The van der Waals surface area contributed by atoms with Crippen molar-refractivity contribution in [1.29, 1.82) is 0 Å². The molecule has 3 fully saturated rings. The molecule has 6 heteroatoms. The molecule has 2 aliphatic heterocycles. The number of likely N-dealkylation sites (tertiary alicyclic amines) is 1. The molecule has 2 bridgehead atoms. The number of piperidine rings is 1. The summed E-state index contributed by atoms with van der Waals surface area (Å²) in [5, 5.41) is 33.5. The molecule has 3 N–H and O–H groups in total. The second-order valence-corrected chi connectivity index (χ2v) is 11.6. The van der Waals surface area contributed by atoms with E-state index in [9.17, 15) is 15.3 Å². The highest BCUT2D eigenvalue weighted by Gasteiger charge is 2.73.